The largest absolute Gasteiger partial charge is 0.480 e. The third-order valence-corrected chi connectivity index (χ3v) is 5.90. The lowest BCUT2D eigenvalue weighted by molar-refractivity contribution is -0.122. The molecular weight excluding hydrogens is 460 g/mol. The second kappa shape index (κ2) is 11.9. The first kappa shape index (κ1) is 24.8. The molecule has 0 bridgehead atoms. The summed E-state index contributed by atoms with van der Waals surface area (Å²) in [5.41, 5.74) is 2.38. The van der Waals surface area contributed by atoms with Gasteiger partial charge in [-0.15, -0.1) is 10.2 Å². The third-order valence-electron chi connectivity index (χ3n) is 5.90. The van der Waals surface area contributed by atoms with Crippen molar-refractivity contribution in [3.05, 3.63) is 55.0 Å². The molecule has 0 aliphatic rings. The van der Waals surface area contributed by atoms with E-state index in [4.69, 9.17) is 4.74 Å². The Morgan fingerprint density at radius 2 is 1.92 bits per heavy atom. The fourth-order valence-corrected chi connectivity index (χ4v) is 4.02. The number of hydrogen-bond acceptors (Lipinski definition) is 7. The Balaban J connectivity index is 1.52. The number of unbranched alkanes of at least 4 members (excludes halogenated alkanes) is 2. The average Bonchev–Trinajstić information content (AvgIpc) is 3.59. The Morgan fingerprint density at radius 1 is 1.11 bits per heavy atom. The van der Waals surface area contributed by atoms with Gasteiger partial charge >= 0.3 is 0 Å². The van der Waals surface area contributed by atoms with E-state index in [1.165, 1.54) is 12.7 Å². The fourth-order valence-electron chi connectivity index (χ4n) is 4.02. The molecule has 3 heterocycles. The Morgan fingerprint density at radius 3 is 2.69 bits per heavy atom. The minimum absolute atomic E-state index is 0.0300. The number of rotatable bonds is 12. The molecule has 4 rings (SSSR count). The van der Waals surface area contributed by atoms with Gasteiger partial charge in [-0.2, -0.15) is 0 Å². The number of imidazole rings is 1. The number of ether oxygens (including phenoxy) is 1. The van der Waals surface area contributed by atoms with Gasteiger partial charge in [-0.3, -0.25) is 9.59 Å². The monoisotopic (exact) mass is 490 g/mol. The van der Waals surface area contributed by atoms with Crippen LogP contribution in [0.2, 0.25) is 0 Å². The van der Waals surface area contributed by atoms with Gasteiger partial charge in [-0.05, 0) is 25.0 Å². The van der Waals surface area contributed by atoms with E-state index in [9.17, 15) is 9.59 Å². The predicted molar refractivity (Wildman–Crippen MR) is 134 cm³/mol. The number of carbonyl (C=O) groups is 2. The maximum Gasteiger partial charge on any atom is 0.240 e. The SMILES string of the molecule is CNC(=O)CCCCC[C@H](NC(=O)Cn1cnnc1)c1ncc(-c2cc3ccccc3nc2OC)[nH]1. The third kappa shape index (κ3) is 6.23. The highest BCUT2D eigenvalue weighted by molar-refractivity contribution is 5.85. The first-order valence-electron chi connectivity index (χ1n) is 11.9. The number of amides is 2. The summed E-state index contributed by atoms with van der Waals surface area (Å²) in [6.07, 6.45) is 8.35. The summed E-state index contributed by atoms with van der Waals surface area (Å²) in [6, 6.07) is 9.51. The summed E-state index contributed by atoms with van der Waals surface area (Å²) < 4.78 is 7.15. The molecule has 1 aromatic carbocycles. The van der Waals surface area contributed by atoms with Gasteiger partial charge in [0.05, 0.1) is 36.1 Å². The van der Waals surface area contributed by atoms with Gasteiger partial charge < -0.3 is 24.9 Å². The van der Waals surface area contributed by atoms with Crippen LogP contribution in [0, 0.1) is 0 Å². The number of H-pyrrole nitrogens is 1. The number of nitrogens with zero attached hydrogens (tertiary/aromatic N) is 5. The van der Waals surface area contributed by atoms with E-state index in [2.05, 4.69) is 35.8 Å². The van der Waals surface area contributed by atoms with Crippen molar-refractivity contribution in [2.24, 2.45) is 0 Å². The number of aromatic nitrogens is 6. The number of para-hydroxylation sites is 1. The molecule has 188 valence electrons. The second-order valence-corrected chi connectivity index (χ2v) is 8.45. The van der Waals surface area contributed by atoms with Crippen molar-refractivity contribution in [1.82, 2.24) is 40.3 Å². The molecule has 2 amide bonds. The molecule has 0 fully saturated rings. The quantitative estimate of drug-likeness (QED) is 0.259. The summed E-state index contributed by atoms with van der Waals surface area (Å²) in [4.78, 5) is 36.8. The molecule has 0 saturated heterocycles. The van der Waals surface area contributed by atoms with E-state index >= 15 is 0 Å². The van der Waals surface area contributed by atoms with E-state index < -0.39 is 0 Å². The Bertz CT molecular complexity index is 1300. The number of hydrogen-bond donors (Lipinski definition) is 3. The van der Waals surface area contributed by atoms with E-state index in [0.29, 0.717) is 24.5 Å². The molecule has 0 aliphatic heterocycles. The van der Waals surface area contributed by atoms with Crippen molar-refractivity contribution in [3.8, 4) is 17.1 Å². The minimum atomic E-state index is -0.331. The number of methoxy groups -OCH3 is 1. The van der Waals surface area contributed by atoms with Gasteiger partial charge in [0, 0.05) is 18.9 Å². The van der Waals surface area contributed by atoms with Crippen LogP contribution in [0.4, 0.5) is 0 Å². The molecule has 0 unspecified atom stereocenters. The van der Waals surface area contributed by atoms with Crippen molar-refractivity contribution in [2.45, 2.75) is 44.7 Å². The highest BCUT2D eigenvalue weighted by Gasteiger charge is 2.20. The number of carbonyl (C=O) groups excluding carboxylic acids is 2. The van der Waals surface area contributed by atoms with Crippen LogP contribution in [0.1, 0.15) is 44.0 Å². The molecular formula is C25H30N8O3. The van der Waals surface area contributed by atoms with Crippen LogP contribution in [-0.2, 0) is 16.1 Å². The van der Waals surface area contributed by atoms with Gasteiger partial charge in [-0.25, -0.2) is 9.97 Å². The van der Waals surface area contributed by atoms with Crippen LogP contribution < -0.4 is 15.4 Å². The van der Waals surface area contributed by atoms with Crippen molar-refractivity contribution in [1.29, 1.82) is 0 Å². The lowest BCUT2D eigenvalue weighted by Crippen LogP contribution is -2.32. The molecule has 0 spiro atoms. The molecule has 0 saturated carbocycles. The molecule has 1 atom stereocenters. The topological polar surface area (TPSA) is 140 Å². The van der Waals surface area contributed by atoms with E-state index in [1.54, 1.807) is 24.9 Å². The summed E-state index contributed by atoms with van der Waals surface area (Å²) in [5, 5.41) is 14.2. The number of fused-ring (bicyclic) bond motifs is 1. The molecule has 4 aromatic rings. The van der Waals surface area contributed by atoms with E-state index in [-0.39, 0.29) is 24.4 Å². The minimum Gasteiger partial charge on any atom is -0.480 e. The van der Waals surface area contributed by atoms with Crippen molar-refractivity contribution in [3.63, 3.8) is 0 Å². The van der Waals surface area contributed by atoms with E-state index in [1.807, 2.05) is 30.3 Å². The number of pyridine rings is 1. The van der Waals surface area contributed by atoms with Gasteiger partial charge in [0.2, 0.25) is 17.7 Å². The highest BCUT2D eigenvalue weighted by atomic mass is 16.5. The van der Waals surface area contributed by atoms with Crippen LogP contribution in [0.5, 0.6) is 5.88 Å². The maximum atomic E-state index is 12.7. The van der Waals surface area contributed by atoms with Crippen molar-refractivity contribution >= 4 is 22.7 Å². The second-order valence-electron chi connectivity index (χ2n) is 8.45. The zero-order valence-electron chi connectivity index (χ0n) is 20.4. The smallest absolute Gasteiger partial charge is 0.240 e. The van der Waals surface area contributed by atoms with Gasteiger partial charge in [0.1, 0.15) is 25.0 Å². The van der Waals surface area contributed by atoms with Crippen LogP contribution in [-0.4, -0.2) is 55.7 Å². The van der Waals surface area contributed by atoms with Crippen molar-refractivity contribution in [2.75, 3.05) is 14.2 Å². The number of aromatic amines is 1. The Kier molecular flexibility index (Phi) is 8.22. The summed E-state index contributed by atoms with van der Waals surface area (Å²) in [7, 11) is 3.23. The van der Waals surface area contributed by atoms with Crippen LogP contribution >= 0.6 is 0 Å². The lowest BCUT2D eigenvalue weighted by atomic mass is 10.1. The summed E-state index contributed by atoms with van der Waals surface area (Å²) in [5.74, 6) is 0.991. The highest BCUT2D eigenvalue weighted by Crippen LogP contribution is 2.31. The zero-order valence-corrected chi connectivity index (χ0v) is 20.4. The molecule has 3 N–H and O–H groups in total. The molecule has 0 radical (unpaired) electrons. The normalized spacial score (nSPS) is 11.8. The summed E-state index contributed by atoms with van der Waals surface area (Å²) >= 11 is 0. The van der Waals surface area contributed by atoms with Gasteiger partial charge in [0.15, 0.2) is 0 Å². The Hall–Kier alpha value is -4.28. The molecule has 11 heteroatoms. The fraction of sp³-hybridized carbons (Fsp3) is 0.360. The number of benzene rings is 1. The van der Waals surface area contributed by atoms with Gasteiger partial charge in [0.25, 0.3) is 0 Å². The predicted octanol–water partition coefficient (Wildman–Crippen LogP) is 2.78. The van der Waals surface area contributed by atoms with Crippen molar-refractivity contribution < 1.29 is 14.3 Å². The average molecular weight is 491 g/mol. The standard InChI is InChI=1S/C25H30N8O3/c1-26-22(34)11-5-3-4-10-20(30-23(35)14-33-15-28-29-16-33)24-27-13-21(31-24)18-12-17-8-6-7-9-19(17)32-25(18)36-2/h6-9,12-13,15-16,20H,3-5,10-11,14H2,1-2H3,(H,26,34)(H,27,31)(H,30,35)/t20-/m0/s1. The van der Waals surface area contributed by atoms with Crippen LogP contribution in [0.3, 0.4) is 0 Å². The molecule has 0 aliphatic carbocycles. The first-order chi connectivity index (χ1) is 17.6. The molecule has 11 nitrogen and oxygen atoms in total. The molecule has 3 aromatic heterocycles. The summed E-state index contributed by atoms with van der Waals surface area (Å²) in [6.45, 7) is 0.107. The molecule has 36 heavy (non-hydrogen) atoms. The first-order valence-corrected chi connectivity index (χ1v) is 11.9. The maximum absolute atomic E-state index is 12.7. The van der Waals surface area contributed by atoms with E-state index in [0.717, 1.165) is 41.4 Å². The van der Waals surface area contributed by atoms with Crippen LogP contribution in [0.25, 0.3) is 22.2 Å². The zero-order chi connectivity index (χ0) is 25.3. The van der Waals surface area contributed by atoms with Gasteiger partial charge in [-0.1, -0.05) is 31.0 Å². The van der Waals surface area contributed by atoms with Crippen LogP contribution in [0.15, 0.2) is 49.2 Å². The number of nitrogens with one attached hydrogen (secondary N) is 3. The lowest BCUT2D eigenvalue weighted by Gasteiger charge is -2.17. The Labute approximate surface area is 208 Å².